The molecule has 3 heterocycles. The second-order valence-electron chi connectivity index (χ2n) is 10.8. The standard InChI is InChI=1S/C29H40N2O7/c1-7-16-30(19-10-12-20(36-6)13-11-19)26(34)24-29-15-14-28(5,38-29)23(27(35)37-9-3)22(29)25(33)31(24)21(17-32)18(4)8-2/h7,10-13,18,21-24,32H,1,8-9,14-17H2,2-6H3/t18-,21-,22-,23+,24?,28-,29?/m0/s1. The van der Waals surface area contributed by atoms with Crippen LogP contribution in [-0.2, 0) is 23.9 Å². The molecular formula is C29H40N2O7. The highest BCUT2D eigenvalue weighted by Crippen LogP contribution is 2.64. The Morgan fingerprint density at radius 2 is 1.97 bits per heavy atom. The van der Waals surface area contributed by atoms with Crippen LogP contribution < -0.4 is 9.64 Å². The third-order valence-corrected chi connectivity index (χ3v) is 8.80. The number of fused-ring (bicyclic) bond motifs is 1. The van der Waals surface area contributed by atoms with E-state index < -0.39 is 41.1 Å². The van der Waals surface area contributed by atoms with Crippen LogP contribution in [0.2, 0.25) is 0 Å². The predicted octanol–water partition coefficient (Wildman–Crippen LogP) is 2.95. The molecule has 0 saturated carbocycles. The molecule has 208 valence electrons. The summed E-state index contributed by atoms with van der Waals surface area (Å²) < 4.78 is 17.3. The Morgan fingerprint density at radius 3 is 2.53 bits per heavy atom. The van der Waals surface area contributed by atoms with Crippen LogP contribution in [0.3, 0.4) is 0 Å². The third-order valence-electron chi connectivity index (χ3n) is 8.80. The van der Waals surface area contributed by atoms with E-state index in [-0.39, 0.29) is 37.5 Å². The molecule has 1 aromatic rings. The maximum atomic E-state index is 14.6. The summed E-state index contributed by atoms with van der Waals surface area (Å²) in [6.45, 7) is 11.4. The van der Waals surface area contributed by atoms with Crippen LogP contribution in [0.1, 0.15) is 47.0 Å². The quantitative estimate of drug-likeness (QED) is 0.348. The number of methoxy groups -OCH3 is 1. The summed E-state index contributed by atoms with van der Waals surface area (Å²) in [6, 6.07) is 5.47. The zero-order valence-electron chi connectivity index (χ0n) is 23.0. The first-order valence-electron chi connectivity index (χ1n) is 13.5. The van der Waals surface area contributed by atoms with Gasteiger partial charge in [-0.05, 0) is 56.9 Å². The molecule has 2 bridgehead atoms. The van der Waals surface area contributed by atoms with Gasteiger partial charge in [0.25, 0.3) is 5.91 Å². The molecule has 3 aliphatic rings. The summed E-state index contributed by atoms with van der Waals surface area (Å²) in [5, 5.41) is 10.5. The number of carbonyl (C=O) groups excluding carboxylic acids is 3. The van der Waals surface area contributed by atoms with Crippen molar-refractivity contribution in [3.63, 3.8) is 0 Å². The molecule has 9 heteroatoms. The number of aliphatic hydroxyl groups is 1. The molecule has 38 heavy (non-hydrogen) atoms. The lowest BCUT2D eigenvalue weighted by Gasteiger charge is -2.41. The van der Waals surface area contributed by atoms with Gasteiger partial charge in [0.2, 0.25) is 5.91 Å². The van der Waals surface area contributed by atoms with Crippen LogP contribution in [0.25, 0.3) is 0 Å². The van der Waals surface area contributed by atoms with Crippen LogP contribution in [0.5, 0.6) is 5.75 Å². The molecule has 9 nitrogen and oxygen atoms in total. The lowest BCUT2D eigenvalue weighted by molar-refractivity contribution is -0.160. The van der Waals surface area contributed by atoms with Crippen molar-refractivity contribution in [3.8, 4) is 5.75 Å². The number of hydrogen-bond acceptors (Lipinski definition) is 7. The maximum absolute atomic E-state index is 14.6. The van der Waals surface area contributed by atoms with Gasteiger partial charge in [0, 0.05) is 12.2 Å². The number of carbonyl (C=O) groups is 3. The highest BCUT2D eigenvalue weighted by Gasteiger charge is 2.79. The number of rotatable bonds is 11. The van der Waals surface area contributed by atoms with E-state index in [0.717, 1.165) is 0 Å². The van der Waals surface area contributed by atoms with Crippen molar-refractivity contribution in [3.05, 3.63) is 36.9 Å². The summed E-state index contributed by atoms with van der Waals surface area (Å²) in [6.07, 6.45) is 3.30. The topological polar surface area (TPSA) is 106 Å². The van der Waals surface area contributed by atoms with E-state index >= 15 is 0 Å². The van der Waals surface area contributed by atoms with E-state index in [0.29, 0.717) is 30.7 Å². The van der Waals surface area contributed by atoms with Gasteiger partial charge >= 0.3 is 5.97 Å². The number of likely N-dealkylation sites (tertiary alicyclic amines) is 1. The molecule has 2 unspecified atom stereocenters. The third kappa shape index (κ3) is 4.20. The number of amides is 2. The number of anilines is 1. The summed E-state index contributed by atoms with van der Waals surface area (Å²) in [4.78, 5) is 45.2. The Balaban J connectivity index is 1.85. The highest BCUT2D eigenvalue weighted by atomic mass is 16.6. The van der Waals surface area contributed by atoms with Crippen molar-refractivity contribution in [2.24, 2.45) is 17.8 Å². The molecule has 1 spiro atoms. The molecule has 1 aromatic carbocycles. The molecule has 0 aliphatic carbocycles. The molecule has 4 rings (SSSR count). The number of benzene rings is 1. The van der Waals surface area contributed by atoms with Gasteiger partial charge in [-0.2, -0.15) is 0 Å². The Kier molecular flexibility index (Phi) is 7.91. The van der Waals surface area contributed by atoms with Crippen LogP contribution in [0, 0.1) is 17.8 Å². The minimum atomic E-state index is -1.20. The fourth-order valence-electron chi connectivity index (χ4n) is 6.77. The molecule has 0 radical (unpaired) electrons. The van der Waals surface area contributed by atoms with Gasteiger partial charge in [-0.15, -0.1) is 6.58 Å². The number of esters is 1. The smallest absolute Gasteiger partial charge is 0.312 e. The Bertz CT molecular complexity index is 1080. The first kappa shape index (κ1) is 28.1. The van der Waals surface area contributed by atoms with Gasteiger partial charge in [0.1, 0.15) is 23.3 Å². The van der Waals surface area contributed by atoms with Crippen LogP contribution in [0.15, 0.2) is 36.9 Å². The van der Waals surface area contributed by atoms with Gasteiger partial charge in [0.05, 0.1) is 37.9 Å². The number of nitrogens with zero attached hydrogens (tertiary/aromatic N) is 2. The van der Waals surface area contributed by atoms with E-state index in [4.69, 9.17) is 14.2 Å². The van der Waals surface area contributed by atoms with E-state index in [1.165, 1.54) is 4.90 Å². The Morgan fingerprint density at radius 1 is 1.29 bits per heavy atom. The summed E-state index contributed by atoms with van der Waals surface area (Å²) >= 11 is 0. The monoisotopic (exact) mass is 528 g/mol. The minimum Gasteiger partial charge on any atom is -0.497 e. The summed E-state index contributed by atoms with van der Waals surface area (Å²) in [7, 11) is 1.57. The van der Waals surface area contributed by atoms with Crippen molar-refractivity contribution in [2.75, 3.05) is 31.8 Å². The van der Waals surface area contributed by atoms with Gasteiger partial charge in [-0.1, -0.05) is 26.3 Å². The molecule has 3 aliphatic heterocycles. The zero-order valence-corrected chi connectivity index (χ0v) is 23.0. The fraction of sp³-hybridized carbons (Fsp3) is 0.621. The first-order chi connectivity index (χ1) is 18.1. The highest BCUT2D eigenvalue weighted by molar-refractivity contribution is 6.05. The molecule has 0 aromatic heterocycles. The van der Waals surface area contributed by atoms with Crippen molar-refractivity contribution < 1.29 is 33.7 Å². The maximum Gasteiger partial charge on any atom is 0.312 e. The largest absolute Gasteiger partial charge is 0.497 e. The predicted molar refractivity (Wildman–Crippen MR) is 142 cm³/mol. The molecule has 1 N–H and O–H groups in total. The Labute approximate surface area is 224 Å². The van der Waals surface area contributed by atoms with E-state index in [1.807, 2.05) is 20.8 Å². The van der Waals surface area contributed by atoms with Crippen molar-refractivity contribution in [1.29, 1.82) is 0 Å². The average molecular weight is 529 g/mol. The molecular weight excluding hydrogens is 488 g/mol. The van der Waals surface area contributed by atoms with Crippen molar-refractivity contribution in [1.82, 2.24) is 4.90 Å². The fourth-order valence-corrected chi connectivity index (χ4v) is 6.77. The van der Waals surface area contributed by atoms with E-state index in [9.17, 15) is 19.5 Å². The van der Waals surface area contributed by atoms with Gasteiger partial charge < -0.3 is 29.1 Å². The number of ether oxygens (including phenoxy) is 3. The molecule has 7 atom stereocenters. The van der Waals surface area contributed by atoms with Crippen LogP contribution in [-0.4, -0.2) is 77.9 Å². The summed E-state index contributed by atoms with van der Waals surface area (Å²) in [5.74, 6) is -2.28. The summed E-state index contributed by atoms with van der Waals surface area (Å²) in [5.41, 5.74) is -1.49. The van der Waals surface area contributed by atoms with E-state index in [1.54, 1.807) is 49.3 Å². The normalized spacial score (nSPS) is 31.1. The average Bonchev–Trinajstić information content (AvgIpc) is 3.48. The van der Waals surface area contributed by atoms with Crippen LogP contribution in [0.4, 0.5) is 5.69 Å². The first-order valence-corrected chi connectivity index (χ1v) is 13.5. The molecule has 3 fully saturated rings. The Hall–Kier alpha value is -2.91. The van der Waals surface area contributed by atoms with E-state index in [2.05, 4.69) is 6.58 Å². The lowest BCUT2D eigenvalue weighted by atomic mass is 9.66. The number of hydrogen-bond donors (Lipinski definition) is 1. The SMILES string of the molecule is C=CCN(C(=O)C1N([C@@H](CO)[C@@H](C)CC)C(=O)[C@@H]2[C@H](C(=O)OCC)[C@]3(C)CCC12O3)c1ccc(OC)cc1. The number of aliphatic hydroxyl groups excluding tert-OH is 1. The van der Waals surface area contributed by atoms with Gasteiger partial charge in [-0.25, -0.2) is 0 Å². The second kappa shape index (κ2) is 10.7. The zero-order chi connectivity index (χ0) is 27.8. The van der Waals surface area contributed by atoms with Crippen molar-refractivity contribution >= 4 is 23.5 Å². The van der Waals surface area contributed by atoms with Gasteiger partial charge in [-0.3, -0.25) is 14.4 Å². The molecule has 3 saturated heterocycles. The minimum absolute atomic E-state index is 0.0860. The van der Waals surface area contributed by atoms with Gasteiger partial charge in [0.15, 0.2) is 0 Å². The molecule has 2 amide bonds. The lowest BCUT2D eigenvalue weighted by Crippen LogP contribution is -2.60. The van der Waals surface area contributed by atoms with Crippen molar-refractivity contribution in [2.45, 2.75) is 70.2 Å². The van der Waals surface area contributed by atoms with Crippen LogP contribution >= 0.6 is 0 Å². The second-order valence-corrected chi connectivity index (χ2v) is 10.8.